The van der Waals surface area contributed by atoms with Gasteiger partial charge >= 0.3 is 0 Å². The highest BCUT2D eigenvalue weighted by molar-refractivity contribution is 5.45. The molecule has 4 heteroatoms. The number of anilines is 1. The zero-order valence-corrected chi connectivity index (χ0v) is 12.0. The summed E-state index contributed by atoms with van der Waals surface area (Å²) in [5.41, 5.74) is 13.0. The number of aromatic nitrogens is 1. The lowest BCUT2D eigenvalue weighted by Gasteiger charge is -2.18. The Bertz CT molecular complexity index is 549. The second kappa shape index (κ2) is 6.50. The molecule has 2 aromatic rings. The monoisotopic (exact) mass is 270 g/mol. The van der Waals surface area contributed by atoms with Gasteiger partial charge in [0.2, 0.25) is 0 Å². The Labute approximate surface area is 120 Å². The van der Waals surface area contributed by atoms with Crippen LogP contribution in [0.5, 0.6) is 0 Å². The molecule has 2 rings (SSSR count). The Hall–Kier alpha value is -1.91. The van der Waals surface area contributed by atoms with Crippen molar-refractivity contribution in [2.45, 2.75) is 32.2 Å². The van der Waals surface area contributed by atoms with Gasteiger partial charge in [-0.05, 0) is 35.1 Å². The van der Waals surface area contributed by atoms with E-state index in [-0.39, 0.29) is 6.04 Å². The molecule has 0 aliphatic rings. The molecule has 0 saturated heterocycles. The predicted octanol–water partition coefficient (Wildman–Crippen LogP) is 2.53. The molecule has 0 fully saturated rings. The number of nitrogens with two attached hydrogens (primary N) is 2. The van der Waals surface area contributed by atoms with Crippen molar-refractivity contribution in [1.29, 1.82) is 0 Å². The van der Waals surface area contributed by atoms with Gasteiger partial charge in [0, 0.05) is 18.1 Å². The SMILES string of the molecule is CC(C)c1ccc(C(Cc2cnccc2N)NN)cc1. The van der Waals surface area contributed by atoms with E-state index in [9.17, 15) is 0 Å². The van der Waals surface area contributed by atoms with E-state index in [2.05, 4.69) is 48.5 Å². The van der Waals surface area contributed by atoms with Crippen LogP contribution in [0.3, 0.4) is 0 Å². The van der Waals surface area contributed by atoms with E-state index in [0.717, 1.165) is 23.2 Å². The van der Waals surface area contributed by atoms with Gasteiger partial charge in [-0.1, -0.05) is 38.1 Å². The Balaban J connectivity index is 2.18. The molecule has 1 atom stereocenters. The third kappa shape index (κ3) is 3.35. The number of nitrogens with one attached hydrogen (secondary N) is 1. The zero-order chi connectivity index (χ0) is 14.5. The molecule has 1 heterocycles. The van der Waals surface area contributed by atoms with E-state index >= 15 is 0 Å². The van der Waals surface area contributed by atoms with E-state index in [4.69, 9.17) is 11.6 Å². The number of rotatable bonds is 5. The van der Waals surface area contributed by atoms with Crippen molar-refractivity contribution < 1.29 is 0 Å². The van der Waals surface area contributed by atoms with Crippen LogP contribution in [0.1, 0.15) is 42.5 Å². The molecule has 0 bridgehead atoms. The maximum Gasteiger partial charge on any atom is 0.0501 e. The van der Waals surface area contributed by atoms with Gasteiger partial charge < -0.3 is 5.73 Å². The molecule has 0 aliphatic carbocycles. The molecule has 5 N–H and O–H groups in total. The highest BCUT2D eigenvalue weighted by Crippen LogP contribution is 2.22. The molecular formula is C16H22N4. The molecule has 0 radical (unpaired) electrons. The summed E-state index contributed by atoms with van der Waals surface area (Å²) in [5.74, 6) is 6.22. The van der Waals surface area contributed by atoms with E-state index in [1.54, 1.807) is 12.4 Å². The van der Waals surface area contributed by atoms with Gasteiger partial charge in [-0.3, -0.25) is 16.3 Å². The molecular weight excluding hydrogens is 248 g/mol. The number of pyridine rings is 1. The van der Waals surface area contributed by atoms with Crippen LogP contribution >= 0.6 is 0 Å². The number of nitrogen functional groups attached to an aromatic ring is 1. The molecule has 20 heavy (non-hydrogen) atoms. The van der Waals surface area contributed by atoms with Crippen molar-refractivity contribution in [1.82, 2.24) is 10.4 Å². The first-order valence-corrected chi connectivity index (χ1v) is 6.86. The average molecular weight is 270 g/mol. The largest absolute Gasteiger partial charge is 0.398 e. The van der Waals surface area contributed by atoms with E-state index in [1.807, 2.05) is 6.07 Å². The van der Waals surface area contributed by atoms with Crippen molar-refractivity contribution in [3.05, 3.63) is 59.4 Å². The summed E-state index contributed by atoms with van der Waals surface area (Å²) in [7, 11) is 0. The maximum absolute atomic E-state index is 5.96. The van der Waals surface area contributed by atoms with E-state index < -0.39 is 0 Å². The Morgan fingerprint density at radius 2 is 1.75 bits per heavy atom. The first-order chi connectivity index (χ1) is 9.61. The predicted molar refractivity (Wildman–Crippen MR) is 82.9 cm³/mol. The van der Waals surface area contributed by atoms with E-state index in [0.29, 0.717) is 5.92 Å². The third-order valence-electron chi connectivity index (χ3n) is 3.57. The topological polar surface area (TPSA) is 77.0 Å². The first-order valence-electron chi connectivity index (χ1n) is 6.86. The normalized spacial score (nSPS) is 12.6. The highest BCUT2D eigenvalue weighted by Gasteiger charge is 2.12. The quantitative estimate of drug-likeness (QED) is 0.576. The van der Waals surface area contributed by atoms with Crippen molar-refractivity contribution in [3.63, 3.8) is 0 Å². The van der Waals surface area contributed by atoms with Crippen LogP contribution in [0, 0.1) is 0 Å². The molecule has 1 aromatic heterocycles. The second-order valence-corrected chi connectivity index (χ2v) is 5.32. The van der Waals surface area contributed by atoms with Crippen LogP contribution in [0.4, 0.5) is 5.69 Å². The number of hydrogen-bond acceptors (Lipinski definition) is 4. The van der Waals surface area contributed by atoms with Crippen molar-refractivity contribution in [2.75, 3.05) is 5.73 Å². The average Bonchev–Trinajstić information content (AvgIpc) is 2.46. The smallest absolute Gasteiger partial charge is 0.0501 e. The summed E-state index contributed by atoms with van der Waals surface area (Å²) in [6.45, 7) is 4.37. The molecule has 0 spiro atoms. The lowest BCUT2D eigenvalue weighted by atomic mass is 9.96. The molecule has 0 amide bonds. The van der Waals surface area contributed by atoms with Gasteiger partial charge in [0.1, 0.15) is 0 Å². The van der Waals surface area contributed by atoms with Crippen LogP contribution in [0.25, 0.3) is 0 Å². The van der Waals surface area contributed by atoms with Crippen molar-refractivity contribution >= 4 is 5.69 Å². The molecule has 0 saturated carbocycles. The Morgan fingerprint density at radius 3 is 2.30 bits per heavy atom. The summed E-state index contributed by atoms with van der Waals surface area (Å²) in [4.78, 5) is 4.12. The molecule has 1 aromatic carbocycles. The second-order valence-electron chi connectivity index (χ2n) is 5.32. The van der Waals surface area contributed by atoms with Gasteiger partial charge in [0.25, 0.3) is 0 Å². The summed E-state index contributed by atoms with van der Waals surface area (Å²) >= 11 is 0. The molecule has 1 unspecified atom stereocenters. The van der Waals surface area contributed by atoms with Crippen LogP contribution in [0.15, 0.2) is 42.7 Å². The van der Waals surface area contributed by atoms with Crippen LogP contribution < -0.4 is 17.0 Å². The summed E-state index contributed by atoms with van der Waals surface area (Å²) in [5, 5.41) is 0. The number of hydrazine groups is 1. The fourth-order valence-corrected chi connectivity index (χ4v) is 2.21. The van der Waals surface area contributed by atoms with Gasteiger partial charge in [-0.15, -0.1) is 0 Å². The van der Waals surface area contributed by atoms with Crippen molar-refractivity contribution in [3.8, 4) is 0 Å². The van der Waals surface area contributed by atoms with Crippen LogP contribution in [0.2, 0.25) is 0 Å². The van der Waals surface area contributed by atoms with Gasteiger partial charge in [0.15, 0.2) is 0 Å². The minimum absolute atomic E-state index is 0.0303. The minimum atomic E-state index is 0.0303. The minimum Gasteiger partial charge on any atom is -0.398 e. The Kier molecular flexibility index (Phi) is 4.71. The molecule has 4 nitrogen and oxygen atoms in total. The first kappa shape index (κ1) is 14.5. The van der Waals surface area contributed by atoms with Crippen LogP contribution in [-0.4, -0.2) is 4.98 Å². The summed E-state index contributed by atoms with van der Waals surface area (Å²) < 4.78 is 0. The third-order valence-corrected chi connectivity index (χ3v) is 3.57. The highest BCUT2D eigenvalue weighted by atomic mass is 15.2. The zero-order valence-electron chi connectivity index (χ0n) is 12.0. The maximum atomic E-state index is 5.96. The summed E-state index contributed by atoms with van der Waals surface area (Å²) in [6.07, 6.45) is 4.21. The fourth-order valence-electron chi connectivity index (χ4n) is 2.21. The lowest BCUT2D eigenvalue weighted by Crippen LogP contribution is -2.29. The van der Waals surface area contributed by atoms with Crippen molar-refractivity contribution in [2.24, 2.45) is 5.84 Å². The standard InChI is InChI=1S/C16H22N4/c1-11(2)12-3-5-13(6-4-12)16(20-18)9-14-10-19-8-7-15(14)17/h3-8,10-11,16,20H,9,18H2,1-2H3,(H2,17,19). The van der Waals surface area contributed by atoms with Crippen LogP contribution in [-0.2, 0) is 6.42 Å². The molecule has 106 valence electrons. The number of hydrogen-bond donors (Lipinski definition) is 3. The summed E-state index contributed by atoms with van der Waals surface area (Å²) in [6, 6.07) is 10.4. The number of benzene rings is 1. The van der Waals surface area contributed by atoms with Gasteiger partial charge in [0.05, 0.1) is 6.04 Å². The fraction of sp³-hybridized carbons (Fsp3) is 0.312. The molecule has 0 aliphatic heterocycles. The number of nitrogens with zero attached hydrogens (tertiary/aromatic N) is 1. The Morgan fingerprint density at radius 1 is 1.10 bits per heavy atom. The lowest BCUT2D eigenvalue weighted by molar-refractivity contribution is 0.551. The van der Waals surface area contributed by atoms with Gasteiger partial charge in [-0.2, -0.15) is 0 Å². The van der Waals surface area contributed by atoms with E-state index in [1.165, 1.54) is 5.56 Å². The van der Waals surface area contributed by atoms with Gasteiger partial charge in [-0.25, -0.2) is 0 Å².